The van der Waals surface area contributed by atoms with Crippen LogP contribution in [0.25, 0.3) is 54.7 Å². The fourth-order valence-electron chi connectivity index (χ4n) is 4.46. The Bertz CT molecular complexity index is 1830. The smallest absolute Gasteiger partial charge is 0.144 e. The zero-order valence-corrected chi connectivity index (χ0v) is 18.3. The lowest BCUT2D eigenvalue weighted by molar-refractivity contribution is 0.411. The summed E-state index contributed by atoms with van der Waals surface area (Å²) in [6.07, 6.45) is -2.07. The highest BCUT2D eigenvalue weighted by atomic mass is 16.3. The molecule has 0 N–H and O–H groups in total. The highest BCUT2D eigenvalue weighted by Crippen LogP contribution is 2.38. The second-order valence-corrected chi connectivity index (χ2v) is 9.31. The fraction of sp³-hybridized carbons (Fsp3) is 0.167. The van der Waals surface area contributed by atoms with Gasteiger partial charge in [0.1, 0.15) is 11.2 Å². The lowest BCUT2D eigenvalue weighted by atomic mass is 9.88. The molecule has 0 saturated heterocycles. The molecule has 0 fully saturated rings. The van der Waals surface area contributed by atoms with E-state index in [0.29, 0.717) is 16.8 Å². The number of nitrogens with zero attached hydrogens (tertiary/aromatic N) is 1. The van der Waals surface area contributed by atoms with Crippen molar-refractivity contribution in [2.45, 2.75) is 27.1 Å². The molecule has 2 nitrogen and oxygen atoms in total. The van der Waals surface area contributed by atoms with Crippen molar-refractivity contribution in [3.8, 4) is 11.3 Å². The molecule has 0 bridgehead atoms. The van der Waals surface area contributed by atoms with Crippen LogP contribution in [0.1, 0.15) is 31.8 Å². The molecule has 2 heteroatoms. The maximum Gasteiger partial charge on any atom is 0.144 e. The molecular formula is C30H25NO. The Balaban J connectivity index is 1.63. The molecule has 156 valence electrons. The van der Waals surface area contributed by atoms with Crippen LogP contribution < -0.4 is 0 Å². The number of pyridine rings is 1. The van der Waals surface area contributed by atoms with E-state index in [1.807, 2.05) is 30.3 Å². The lowest BCUT2D eigenvalue weighted by Gasteiger charge is -2.18. The van der Waals surface area contributed by atoms with Crippen molar-refractivity contribution in [3.05, 3.63) is 90.6 Å². The van der Waals surface area contributed by atoms with Gasteiger partial charge >= 0.3 is 0 Å². The Morgan fingerprint density at radius 3 is 2.53 bits per heavy atom. The minimum atomic E-state index is -1.82. The number of rotatable bonds is 2. The summed E-state index contributed by atoms with van der Waals surface area (Å²) in [6, 6.07) is 24.0. The summed E-state index contributed by atoms with van der Waals surface area (Å²) in [5.74, 6) is 0. The molecule has 2 heterocycles. The van der Waals surface area contributed by atoms with Gasteiger partial charge in [0.05, 0.1) is 8.44 Å². The molecule has 0 aliphatic heterocycles. The molecule has 0 amide bonds. The molecule has 4 aromatic carbocycles. The van der Waals surface area contributed by atoms with Crippen LogP contribution in [0.5, 0.6) is 0 Å². The van der Waals surface area contributed by atoms with Crippen LogP contribution in [0.4, 0.5) is 0 Å². The van der Waals surface area contributed by atoms with Gasteiger partial charge in [-0.2, -0.15) is 0 Å². The van der Waals surface area contributed by atoms with Gasteiger partial charge < -0.3 is 4.42 Å². The maximum absolute atomic E-state index is 8.73. The summed E-state index contributed by atoms with van der Waals surface area (Å²) in [5, 5.41) is 6.50. The van der Waals surface area contributed by atoms with E-state index in [9.17, 15) is 0 Å². The van der Waals surface area contributed by atoms with E-state index in [2.05, 4.69) is 41.4 Å². The molecule has 0 saturated carbocycles. The summed E-state index contributed by atoms with van der Waals surface area (Å²) < 4.78 is 40.6. The number of hydrogen-bond donors (Lipinski definition) is 0. The van der Waals surface area contributed by atoms with Crippen LogP contribution in [-0.2, 0) is 6.37 Å². The zero-order chi connectivity index (χ0) is 25.4. The van der Waals surface area contributed by atoms with Crippen molar-refractivity contribution in [2.75, 3.05) is 0 Å². The van der Waals surface area contributed by atoms with Gasteiger partial charge in [-0.15, -0.1) is 0 Å². The molecule has 0 aliphatic carbocycles. The van der Waals surface area contributed by atoms with Gasteiger partial charge in [0.2, 0.25) is 0 Å². The van der Waals surface area contributed by atoms with Crippen LogP contribution in [0, 0.1) is 5.41 Å². The largest absolute Gasteiger partial charge is 0.455 e. The van der Waals surface area contributed by atoms with Gasteiger partial charge in [-0.05, 0) is 69.2 Å². The Hall–Kier alpha value is -3.65. The number of para-hydroxylation sites is 1. The molecular weight excluding hydrogens is 390 g/mol. The normalized spacial score (nSPS) is 14.6. The van der Waals surface area contributed by atoms with Crippen LogP contribution in [0.3, 0.4) is 0 Å². The van der Waals surface area contributed by atoms with E-state index in [4.69, 9.17) is 9.90 Å². The molecule has 6 rings (SSSR count). The maximum atomic E-state index is 8.73. The van der Waals surface area contributed by atoms with Crippen LogP contribution >= 0.6 is 0 Å². The predicted octanol–water partition coefficient (Wildman–Crippen LogP) is 8.54. The number of fused-ring (bicyclic) bond motifs is 6. The molecule has 0 atom stereocenters. The van der Waals surface area contributed by atoms with Crippen molar-refractivity contribution in [3.63, 3.8) is 0 Å². The predicted molar refractivity (Wildman–Crippen MR) is 135 cm³/mol. The van der Waals surface area contributed by atoms with Gasteiger partial charge in [0, 0.05) is 25.3 Å². The van der Waals surface area contributed by atoms with Gasteiger partial charge in [-0.3, -0.25) is 4.98 Å². The Morgan fingerprint density at radius 1 is 0.844 bits per heavy atom. The Kier molecular flexibility index (Phi) is 3.29. The fourth-order valence-corrected chi connectivity index (χ4v) is 4.46. The number of aromatic nitrogens is 1. The second kappa shape index (κ2) is 6.93. The van der Waals surface area contributed by atoms with E-state index in [0.717, 1.165) is 32.5 Å². The highest BCUT2D eigenvalue weighted by Gasteiger charge is 2.16. The summed E-state index contributed by atoms with van der Waals surface area (Å²) in [5.41, 5.74) is 1.90. The van der Waals surface area contributed by atoms with Gasteiger partial charge in [-0.25, -0.2) is 0 Å². The summed E-state index contributed by atoms with van der Waals surface area (Å²) >= 11 is 0. The topological polar surface area (TPSA) is 26.0 Å². The average Bonchev–Trinajstić information content (AvgIpc) is 3.21. The van der Waals surface area contributed by atoms with Crippen molar-refractivity contribution in [1.29, 1.82) is 0 Å². The van der Waals surface area contributed by atoms with Crippen molar-refractivity contribution < 1.29 is 9.90 Å². The van der Waals surface area contributed by atoms with Crippen LogP contribution in [0.2, 0.25) is 0 Å². The molecule has 0 aliphatic rings. The molecule has 0 spiro atoms. The minimum absolute atomic E-state index is 0.162. The Labute approximate surface area is 193 Å². The number of hydrogen-bond acceptors (Lipinski definition) is 2. The first kappa shape index (κ1) is 15.2. The third-order valence-electron chi connectivity index (χ3n) is 5.80. The third kappa shape index (κ3) is 3.15. The minimum Gasteiger partial charge on any atom is -0.455 e. The summed E-state index contributed by atoms with van der Waals surface area (Å²) in [4.78, 5) is 4.37. The highest BCUT2D eigenvalue weighted by molar-refractivity contribution is 6.17. The van der Waals surface area contributed by atoms with E-state index < -0.39 is 11.8 Å². The summed E-state index contributed by atoms with van der Waals surface area (Å²) in [6.45, 7) is 5.39. The first-order valence-corrected chi connectivity index (χ1v) is 10.8. The second-order valence-electron chi connectivity index (χ2n) is 9.31. The van der Waals surface area contributed by atoms with Crippen molar-refractivity contribution in [2.24, 2.45) is 5.41 Å². The van der Waals surface area contributed by atoms with Crippen molar-refractivity contribution >= 4 is 43.5 Å². The Morgan fingerprint density at radius 2 is 1.66 bits per heavy atom. The molecule has 6 aromatic rings. The van der Waals surface area contributed by atoms with E-state index in [1.165, 1.54) is 5.39 Å². The zero-order valence-electron chi connectivity index (χ0n) is 22.3. The summed E-state index contributed by atoms with van der Waals surface area (Å²) in [7, 11) is 0. The quantitative estimate of drug-likeness (QED) is 0.263. The van der Waals surface area contributed by atoms with E-state index >= 15 is 0 Å². The van der Waals surface area contributed by atoms with Crippen molar-refractivity contribution in [1.82, 2.24) is 4.98 Å². The first-order chi connectivity index (χ1) is 17.1. The molecule has 2 aromatic heterocycles. The first-order valence-electron chi connectivity index (χ1n) is 12.8. The third-order valence-corrected chi connectivity index (χ3v) is 5.80. The van der Waals surface area contributed by atoms with Gasteiger partial charge in [-0.1, -0.05) is 69.3 Å². The van der Waals surface area contributed by atoms with E-state index in [1.54, 1.807) is 26.8 Å². The van der Waals surface area contributed by atoms with Crippen LogP contribution in [0.15, 0.2) is 89.4 Å². The van der Waals surface area contributed by atoms with Crippen LogP contribution in [-0.4, -0.2) is 4.98 Å². The van der Waals surface area contributed by atoms with Gasteiger partial charge in [0.25, 0.3) is 0 Å². The molecule has 0 unspecified atom stereocenters. The number of furan rings is 1. The SMILES string of the molecule is [2H]c1nc(-c2cccc3c2oc2cc4c(ccc5ccccc54)cc23)cc(C([2H])([2H])C(C)(C)C)c1[2H]. The molecule has 32 heavy (non-hydrogen) atoms. The lowest BCUT2D eigenvalue weighted by Crippen LogP contribution is -2.09. The molecule has 0 radical (unpaired) electrons. The number of benzene rings is 4. The standard InChI is InChI=1S/C30H25NO/c1-30(2,3)18-19-13-14-31-27(15-19)24-10-6-9-23-26-16-21-12-11-20-7-4-5-8-22(20)25(21)17-28(26)32-29(23)24/h4-17H,18H2,1-3H3/i13D,14D,18D2. The monoisotopic (exact) mass is 419 g/mol. The van der Waals surface area contributed by atoms with Gasteiger partial charge in [0.15, 0.2) is 0 Å². The van der Waals surface area contributed by atoms with E-state index in [-0.39, 0.29) is 17.8 Å². The average molecular weight is 420 g/mol.